The van der Waals surface area contributed by atoms with E-state index in [2.05, 4.69) is 220 Å². The Kier molecular flexibility index (Phi) is 7.38. The standard InChI is InChI=1S/C59H40/c1-59(2)57-41(30-16-32-53(57)56-47-24-9-6-21-44(47)45-22-7-14-29-52(45)58(56)59)38-33-35-39(36-34-38)54-48-25-10-12-27-50(48)55(51-28-13-11-26-49(51)54)46-23-8-5-20-43(46)42-31-15-18-37-17-3-4-19-40(37)42/h3-36H,1-2H3. The van der Waals surface area contributed by atoms with Crippen LogP contribution in [0.25, 0.3) is 109 Å². The fraction of sp³-hybridized carbons (Fsp3) is 0.0508. The maximum atomic E-state index is 2.43. The van der Waals surface area contributed by atoms with Crippen molar-refractivity contribution in [3.63, 3.8) is 0 Å². The molecular weight excluding hydrogens is 709 g/mol. The minimum atomic E-state index is -0.186. The van der Waals surface area contributed by atoms with Gasteiger partial charge in [-0.3, -0.25) is 0 Å². The lowest BCUT2D eigenvalue weighted by molar-refractivity contribution is 0.668. The van der Waals surface area contributed by atoms with E-state index in [1.807, 2.05) is 0 Å². The third-order valence-corrected chi connectivity index (χ3v) is 13.2. The van der Waals surface area contributed by atoms with Crippen LogP contribution in [-0.2, 0) is 5.41 Å². The SMILES string of the molecule is CC1(C)c2c(-c3ccc(-c4c5ccccc5c(-c5ccccc5-c5cccc6ccccc56)c5ccccc45)cc3)cccc2-c2c1c1ccccc1c1ccccc21. The van der Waals surface area contributed by atoms with Gasteiger partial charge in [0.05, 0.1) is 0 Å². The highest BCUT2D eigenvalue weighted by Crippen LogP contribution is 2.57. The smallest absolute Gasteiger partial charge is 0.0171 e. The average Bonchev–Trinajstić information content (AvgIpc) is 3.55. The van der Waals surface area contributed by atoms with Gasteiger partial charge in [0.15, 0.2) is 0 Å². The third-order valence-electron chi connectivity index (χ3n) is 13.2. The molecule has 1 aliphatic carbocycles. The van der Waals surface area contributed by atoms with Crippen molar-refractivity contribution < 1.29 is 0 Å². The van der Waals surface area contributed by atoms with Crippen molar-refractivity contribution in [2.45, 2.75) is 19.3 Å². The largest absolute Gasteiger partial charge is 0.0616 e. The van der Waals surface area contributed by atoms with Crippen LogP contribution in [0.4, 0.5) is 0 Å². The van der Waals surface area contributed by atoms with Crippen LogP contribution < -0.4 is 0 Å². The van der Waals surface area contributed by atoms with Crippen LogP contribution in [0.5, 0.6) is 0 Å². The number of hydrogen-bond donors (Lipinski definition) is 0. The topological polar surface area (TPSA) is 0 Å². The lowest BCUT2D eigenvalue weighted by Gasteiger charge is -2.26. The van der Waals surface area contributed by atoms with E-state index in [9.17, 15) is 0 Å². The summed E-state index contributed by atoms with van der Waals surface area (Å²) in [5.41, 5.74) is 15.5. The van der Waals surface area contributed by atoms with E-state index in [1.54, 1.807) is 0 Å². The molecule has 276 valence electrons. The van der Waals surface area contributed by atoms with Gasteiger partial charge in [-0.1, -0.05) is 220 Å². The van der Waals surface area contributed by atoms with E-state index in [0.717, 1.165) is 0 Å². The summed E-state index contributed by atoms with van der Waals surface area (Å²) >= 11 is 0. The molecule has 59 heavy (non-hydrogen) atoms. The molecule has 0 aromatic heterocycles. The van der Waals surface area contributed by atoms with Crippen LogP contribution in [0.1, 0.15) is 25.0 Å². The van der Waals surface area contributed by atoms with E-state index in [1.165, 1.54) is 121 Å². The van der Waals surface area contributed by atoms with Crippen molar-refractivity contribution in [2.75, 3.05) is 0 Å². The molecule has 11 aromatic carbocycles. The van der Waals surface area contributed by atoms with Crippen LogP contribution in [0.3, 0.4) is 0 Å². The number of rotatable bonds is 4. The molecule has 0 N–H and O–H groups in total. The van der Waals surface area contributed by atoms with E-state index in [-0.39, 0.29) is 5.41 Å². The lowest BCUT2D eigenvalue weighted by Crippen LogP contribution is -2.17. The summed E-state index contributed by atoms with van der Waals surface area (Å²) in [5, 5.41) is 12.9. The molecule has 0 nitrogen and oxygen atoms in total. The second-order valence-electron chi connectivity index (χ2n) is 16.7. The third kappa shape index (κ3) is 4.90. The molecule has 0 aliphatic heterocycles. The summed E-state index contributed by atoms with van der Waals surface area (Å²) in [6.45, 7) is 4.85. The predicted octanol–water partition coefficient (Wildman–Crippen LogP) is 16.4. The molecule has 12 rings (SSSR count). The molecule has 0 saturated heterocycles. The maximum absolute atomic E-state index is 2.43. The summed E-state index contributed by atoms with van der Waals surface area (Å²) in [6, 6.07) is 76.7. The van der Waals surface area contributed by atoms with Crippen LogP contribution in [-0.4, -0.2) is 0 Å². The molecule has 0 atom stereocenters. The van der Waals surface area contributed by atoms with Gasteiger partial charge in [-0.15, -0.1) is 0 Å². The van der Waals surface area contributed by atoms with Crippen molar-refractivity contribution >= 4 is 53.9 Å². The molecule has 1 aliphatic rings. The zero-order valence-corrected chi connectivity index (χ0v) is 33.1. The highest BCUT2D eigenvalue weighted by Gasteiger charge is 2.40. The monoisotopic (exact) mass is 748 g/mol. The Balaban J connectivity index is 1.04. The summed E-state index contributed by atoms with van der Waals surface area (Å²) < 4.78 is 0. The predicted molar refractivity (Wildman–Crippen MR) is 253 cm³/mol. The second kappa shape index (κ2) is 12.9. The van der Waals surface area contributed by atoms with Gasteiger partial charge in [-0.05, 0) is 121 Å². The van der Waals surface area contributed by atoms with Crippen LogP contribution >= 0.6 is 0 Å². The molecule has 0 heterocycles. The molecule has 0 bridgehead atoms. The van der Waals surface area contributed by atoms with E-state index in [0.29, 0.717) is 0 Å². The summed E-state index contributed by atoms with van der Waals surface area (Å²) in [5.74, 6) is 0. The summed E-state index contributed by atoms with van der Waals surface area (Å²) in [4.78, 5) is 0. The fourth-order valence-corrected chi connectivity index (χ4v) is 10.8. The van der Waals surface area contributed by atoms with E-state index < -0.39 is 0 Å². The van der Waals surface area contributed by atoms with Gasteiger partial charge in [0, 0.05) is 5.41 Å². The first-order valence-electron chi connectivity index (χ1n) is 20.8. The first kappa shape index (κ1) is 33.8. The van der Waals surface area contributed by atoms with Crippen LogP contribution in [0.2, 0.25) is 0 Å². The van der Waals surface area contributed by atoms with Gasteiger partial charge in [-0.2, -0.15) is 0 Å². The minimum Gasteiger partial charge on any atom is -0.0616 e. The Hall–Kier alpha value is -7.28. The van der Waals surface area contributed by atoms with Gasteiger partial charge >= 0.3 is 0 Å². The number of hydrogen-bond acceptors (Lipinski definition) is 0. The Morgan fingerprint density at radius 3 is 1.31 bits per heavy atom. The fourth-order valence-electron chi connectivity index (χ4n) is 10.8. The maximum Gasteiger partial charge on any atom is 0.0171 e. The zero-order chi connectivity index (χ0) is 39.2. The Labute approximate surface area is 344 Å². The molecule has 11 aromatic rings. The van der Waals surface area contributed by atoms with E-state index >= 15 is 0 Å². The number of benzene rings is 11. The van der Waals surface area contributed by atoms with E-state index in [4.69, 9.17) is 0 Å². The lowest BCUT2D eigenvalue weighted by atomic mass is 9.76. The first-order chi connectivity index (χ1) is 29.1. The normalized spacial score (nSPS) is 13.1. The molecule has 0 saturated carbocycles. The quantitative estimate of drug-likeness (QED) is 0.124. The van der Waals surface area contributed by atoms with Gasteiger partial charge in [0.25, 0.3) is 0 Å². The van der Waals surface area contributed by atoms with Crippen molar-refractivity contribution in [2.24, 2.45) is 0 Å². The van der Waals surface area contributed by atoms with Crippen molar-refractivity contribution in [1.29, 1.82) is 0 Å². The summed E-state index contributed by atoms with van der Waals surface area (Å²) in [6.07, 6.45) is 0. The molecule has 0 radical (unpaired) electrons. The molecule has 0 fully saturated rings. The zero-order valence-electron chi connectivity index (χ0n) is 33.1. The molecule has 0 unspecified atom stereocenters. The first-order valence-corrected chi connectivity index (χ1v) is 20.8. The highest BCUT2D eigenvalue weighted by atomic mass is 14.4. The van der Waals surface area contributed by atoms with Gasteiger partial charge in [0.2, 0.25) is 0 Å². The van der Waals surface area contributed by atoms with Crippen molar-refractivity contribution in [1.82, 2.24) is 0 Å². The van der Waals surface area contributed by atoms with Crippen molar-refractivity contribution in [3.8, 4) is 55.6 Å². The molecule has 0 heteroatoms. The number of fused-ring (bicyclic) bond motifs is 11. The minimum absolute atomic E-state index is 0.186. The highest BCUT2D eigenvalue weighted by molar-refractivity contribution is 6.23. The average molecular weight is 749 g/mol. The molecular formula is C59H40. The summed E-state index contributed by atoms with van der Waals surface area (Å²) in [7, 11) is 0. The molecule has 0 spiro atoms. The van der Waals surface area contributed by atoms with Crippen LogP contribution in [0, 0.1) is 0 Å². The van der Waals surface area contributed by atoms with Crippen molar-refractivity contribution in [3.05, 3.63) is 217 Å². The Morgan fingerprint density at radius 1 is 0.237 bits per heavy atom. The Morgan fingerprint density at radius 2 is 0.644 bits per heavy atom. The van der Waals surface area contributed by atoms with Gasteiger partial charge < -0.3 is 0 Å². The van der Waals surface area contributed by atoms with Gasteiger partial charge in [0.1, 0.15) is 0 Å². The second-order valence-corrected chi connectivity index (χ2v) is 16.7. The Bertz CT molecular complexity index is 3450. The van der Waals surface area contributed by atoms with Crippen LogP contribution in [0.15, 0.2) is 206 Å². The molecule has 0 amide bonds. The van der Waals surface area contributed by atoms with Gasteiger partial charge in [-0.25, -0.2) is 0 Å².